The molecule has 0 aromatic carbocycles. The van der Waals surface area contributed by atoms with Gasteiger partial charge >= 0.3 is 11.9 Å². The molecule has 30 heavy (non-hydrogen) atoms. The molecule has 164 valence electrons. The Balaban J connectivity index is 2.71. The molecule has 1 atom stereocenters. The quantitative estimate of drug-likeness (QED) is 0.347. The average Bonchev–Trinajstić information content (AvgIpc) is 3.05. The molecule has 1 aliphatic heterocycles. The van der Waals surface area contributed by atoms with Gasteiger partial charge in [-0.25, -0.2) is 9.59 Å². The van der Waals surface area contributed by atoms with Gasteiger partial charge in [0.05, 0.1) is 35.8 Å². The summed E-state index contributed by atoms with van der Waals surface area (Å²) in [7, 11) is 2.97. The minimum absolute atomic E-state index is 0.130. The number of nitrogens with zero attached hydrogens (tertiary/aromatic N) is 1. The highest BCUT2D eigenvalue weighted by atomic mass is 32.2. The molecule has 7 nitrogen and oxygen atoms in total. The highest BCUT2D eigenvalue weighted by Crippen LogP contribution is 2.47. The van der Waals surface area contributed by atoms with Gasteiger partial charge in [0.25, 0.3) is 0 Å². The number of carbonyl (C=O) groups is 3. The lowest BCUT2D eigenvalue weighted by molar-refractivity contribution is -0.139. The molecule has 10 heteroatoms. The fourth-order valence-corrected chi connectivity index (χ4v) is 5.10. The Kier molecular flexibility index (Phi) is 8.48. The third-order valence-corrected chi connectivity index (χ3v) is 6.65. The van der Waals surface area contributed by atoms with Crippen LogP contribution in [0.4, 0.5) is 4.39 Å². The summed E-state index contributed by atoms with van der Waals surface area (Å²) < 4.78 is 25.1. The first-order chi connectivity index (χ1) is 14.3. The Labute approximate surface area is 183 Å². The number of nitrogens with one attached hydrogen (secondary N) is 1. The van der Waals surface area contributed by atoms with Gasteiger partial charge in [-0.1, -0.05) is 0 Å². The molecule has 1 aromatic heterocycles. The van der Waals surface area contributed by atoms with Gasteiger partial charge in [0, 0.05) is 35.5 Å². The summed E-state index contributed by atoms with van der Waals surface area (Å²) in [6.07, 6.45) is 0.596. The van der Waals surface area contributed by atoms with Crippen molar-refractivity contribution in [1.29, 1.82) is 0 Å². The lowest BCUT2D eigenvalue weighted by Gasteiger charge is -2.36. The van der Waals surface area contributed by atoms with Crippen molar-refractivity contribution in [3.8, 4) is 0 Å². The van der Waals surface area contributed by atoms with Crippen LogP contribution in [0.1, 0.15) is 30.2 Å². The standard InChI is InChI=1S/C20H25FN2O5S2/c1-6-28-20(26)16-15(13-9-11(2)30-17(13)21)14(19(25)27-5)12(3)23(4)18(16)29-8-7-22-10-24/h9-10,15H,6-8H2,1-5H3,(H,22,24). The van der Waals surface area contributed by atoms with Crippen LogP contribution in [-0.4, -0.2) is 56.3 Å². The van der Waals surface area contributed by atoms with Gasteiger partial charge in [-0.15, -0.1) is 23.1 Å². The zero-order chi connectivity index (χ0) is 22.4. The van der Waals surface area contributed by atoms with E-state index in [1.807, 2.05) is 0 Å². The van der Waals surface area contributed by atoms with Crippen molar-refractivity contribution < 1.29 is 28.2 Å². The number of hydrogen-bond acceptors (Lipinski definition) is 8. The number of esters is 2. The lowest BCUT2D eigenvalue weighted by atomic mass is 9.82. The number of thiophene rings is 1. The second-order valence-electron chi connectivity index (χ2n) is 6.43. The zero-order valence-corrected chi connectivity index (χ0v) is 19.2. The Morgan fingerprint density at radius 2 is 2.03 bits per heavy atom. The third kappa shape index (κ3) is 4.86. The average molecular weight is 457 g/mol. The van der Waals surface area contributed by atoms with Crippen LogP contribution in [0, 0.1) is 12.1 Å². The third-order valence-electron chi connectivity index (χ3n) is 4.62. The van der Waals surface area contributed by atoms with E-state index in [1.165, 1.54) is 18.9 Å². The molecule has 1 aliphatic rings. The first-order valence-electron chi connectivity index (χ1n) is 9.28. The topological polar surface area (TPSA) is 84.9 Å². The Hall–Kier alpha value is -2.33. The molecule has 1 unspecified atom stereocenters. The number of amides is 1. The Bertz CT molecular complexity index is 894. The highest BCUT2D eigenvalue weighted by Gasteiger charge is 2.42. The smallest absolute Gasteiger partial charge is 0.337 e. The summed E-state index contributed by atoms with van der Waals surface area (Å²) >= 11 is 2.28. The van der Waals surface area contributed by atoms with Gasteiger partial charge in [-0.3, -0.25) is 4.79 Å². The van der Waals surface area contributed by atoms with Crippen molar-refractivity contribution in [2.75, 3.05) is 33.1 Å². The largest absolute Gasteiger partial charge is 0.466 e. The molecule has 1 N–H and O–H groups in total. The molecule has 0 bridgehead atoms. The van der Waals surface area contributed by atoms with Crippen molar-refractivity contribution in [3.63, 3.8) is 0 Å². The number of allylic oxidation sites excluding steroid dienone is 1. The summed E-state index contributed by atoms with van der Waals surface area (Å²) in [6.45, 7) is 5.67. The van der Waals surface area contributed by atoms with E-state index in [1.54, 1.807) is 38.8 Å². The van der Waals surface area contributed by atoms with E-state index in [9.17, 15) is 18.8 Å². The van der Waals surface area contributed by atoms with Crippen LogP contribution in [-0.2, 0) is 23.9 Å². The van der Waals surface area contributed by atoms with Crippen molar-refractivity contribution in [1.82, 2.24) is 10.2 Å². The molecule has 2 heterocycles. The number of methoxy groups -OCH3 is 1. The summed E-state index contributed by atoms with van der Waals surface area (Å²) in [5.74, 6) is -1.75. The minimum atomic E-state index is -0.959. The van der Waals surface area contributed by atoms with Crippen LogP contribution < -0.4 is 5.32 Å². The number of carbonyl (C=O) groups excluding carboxylic acids is 3. The summed E-state index contributed by atoms with van der Waals surface area (Å²) in [5, 5.41) is 2.65. The van der Waals surface area contributed by atoms with E-state index < -0.39 is 23.0 Å². The van der Waals surface area contributed by atoms with Crippen molar-refractivity contribution >= 4 is 41.4 Å². The molecule has 0 spiro atoms. The summed E-state index contributed by atoms with van der Waals surface area (Å²) in [4.78, 5) is 38.7. The number of thioether (sulfide) groups is 1. The normalized spacial score (nSPS) is 16.6. The molecule has 0 saturated carbocycles. The molecule has 0 aliphatic carbocycles. The predicted molar refractivity (Wildman–Crippen MR) is 114 cm³/mol. The number of ether oxygens (including phenoxy) is 2. The van der Waals surface area contributed by atoms with Crippen LogP contribution >= 0.6 is 23.1 Å². The van der Waals surface area contributed by atoms with Gasteiger partial charge < -0.3 is 19.7 Å². The maximum absolute atomic E-state index is 14.9. The van der Waals surface area contributed by atoms with E-state index in [0.717, 1.165) is 16.2 Å². The van der Waals surface area contributed by atoms with Gasteiger partial charge in [-0.05, 0) is 26.8 Å². The summed E-state index contributed by atoms with van der Waals surface area (Å²) in [6, 6.07) is 1.64. The Morgan fingerprint density at radius 1 is 1.33 bits per heavy atom. The zero-order valence-electron chi connectivity index (χ0n) is 17.5. The SMILES string of the molecule is CCOC(=O)C1=C(SCCNC=O)N(C)C(C)=C(C(=O)OC)C1c1cc(C)sc1F. The number of hydrogen-bond donors (Lipinski definition) is 1. The van der Waals surface area contributed by atoms with Crippen LogP contribution in [0.25, 0.3) is 0 Å². The van der Waals surface area contributed by atoms with E-state index in [0.29, 0.717) is 29.4 Å². The van der Waals surface area contributed by atoms with E-state index in [4.69, 9.17) is 9.47 Å². The molecule has 0 fully saturated rings. The maximum atomic E-state index is 14.9. The lowest BCUT2D eigenvalue weighted by Crippen LogP contribution is -2.34. The first kappa shape index (κ1) is 23.9. The van der Waals surface area contributed by atoms with Crippen molar-refractivity contribution in [2.45, 2.75) is 26.7 Å². The van der Waals surface area contributed by atoms with Gasteiger partial charge in [0.2, 0.25) is 6.41 Å². The second kappa shape index (κ2) is 10.6. The summed E-state index contributed by atoms with van der Waals surface area (Å²) in [5.41, 5.74) is 1.15. The fraction of sp³-hybridized carbons (Fsp3) is 0.450. The molecular weight excluding hydrogens is 431 g/mol. The van der Waals surface area contributed by atoms with Gasteiger partial charge in [0.1, 0.15) is 0 Å². The van der Waals surface area contributed by atoms with E-state index in [-0.39, 0.29) is 23.3 Å². The van der Waals surface area contributed by atoms with Crippen LogP contribution in [0.3, 0.4) is 0 Å². The fourth-order valence-electron chi connectivity index (χ4n) is 3.23. The predicted octanol–water partition coefficient (Wildman–Crippen LogP) is 2.93. The molecular formula is C20H25FN2O5S2. The molecule has 0 saturated heterocycles. The van der Waals surface area contributed by atoms with Crippen molar-refractivity contribution in [2.24, 2.45) is 0 Å². The molecule has 2 rings (SSSR count). The highest BCUT2D eigenvalue weighted by molar-refractivity contribution is 8.03. The number of rotatable bonds is 9. The van der Waals surface area contributed by atoms with Crippen LogP contribution in [0.15, 0.2) is 27.9 Å². The monoisotopic (exact) mass is 456 g/mol. The number of aryl methyl sites for hydroxylation is 1. The maximum Gasteiger partial charge on any atom is 0.337 e. The molecule has 1 aromatic rings. The molecule has 0 radical (unpaired) electrons. The number of halogens is 1. The first-order valence-corrected chi connectivity index (χ1v) is 11.1. The van der Waals surface area contributed by atoms with Crippen molar-refractivity contribution in [3.05, 3.63) is 43.5 Å². The van der Waals surface area contributed by atoms with E-state index in [2.05, 4.69) is 5.32 Å². The van der Waals surface area contributed by atoms with Gasteiger partial charge in [0.15, 0.2) is 5.13 Å². The molecule has 1 amide bonds. The van der Waals surface area contributed by atoms with E-state index >= 15 is 0 Å². The van der Waals surface area contributed by atoms with Crippen LogP contribution in [0.2, 0.25) is 0 Å². The van der Waals surface area contributed by atoms with Gasteiger partial charge in [-0.2, -0.15) is 4.39 Å². The Morgan fingerprint density at radius 3 is 2.57 bits per heavy atom. The second-order valence-corrected chi connectivity index (χ2v) is 8.72. The minimum Gasteiger partial charge on any atom is -0.466 e. The van der Waals surface area contributed by atoms with Crippen LogP contribution in [0.5, 0.6) is 0 Å².